The average Bonchev–Trinajstić information content (AvgIpc) is 2.98. The van der Waals surface area contributed by atoms with Gasteiger partial charge in [0.25, 0.3) is 0 Å². The quantitative estimate of drug-likeness (QED) is 0.514. The Balaban J connectivity index is 1.80. The Hall–Kier alpha value is -2.14. The topological polar surface area (TPSA) is 49.6 Å². The van der Waals surface area contributed by atoms with Crippen LogP contribution in [0.5, 0.6) is 0 Å². The van der Waals surface area contributed by atoms with Crippen LogP contribution in [0.15, 0.2) is 52.2 Å². The maximum Gasteiger partial charge on any atom is 0.187 e. The highest BCUT2D eigenvalue weighted by Gasteiger charge is 2.12. The molecule has 0 saturated carbocycles. The van der Waals surface area contributed by atoms with Crippen LogP contribution in [0.2, 0.25) is 0 Å². The van der Waals surface area contributed by atoms with Gasteiger partial charge in [0.05, 0.1) is 19.0 Å². The van der Waals surface area contributed by atoms with E-state index in [0.29, 0.717) is 11.7 Å². The minimum absolute atomic E-state index is 0.158. The highest BCUT2D eigenvalue weighted by atomic mass is 32.1. The molecule has 0 radical (unpaired) electrons. The summed E-state index contributed by atoms with van der Waals surface area (Å²) in [4.78, 5) is 0. The molecule has 2 N–H and O–H groups in total. The number of hydrazone groups is 1. The fourth-order valence-electron chi connectivity index (χ4n) is 1.85. The predicted octanol–water partition coefficient (Wildman–Crippen LogP) is 3.58. The van der Waals surface area contributed by atoms with E-state index in [-0.39, 0.29) is 5.41 Å². The number of thiocarbonyl (C=S) groups is 1. The number of nitrogens with one attached hydrogen (secondary N) is 2. The van der Waals surface area contributed by atoms with Gasteiger partial charge in [-0.05, 0) is 40.9 Å². The fraction of sp³-hybridized carbons (Fsp3) is 0.294. The van der Waals surface area contributed by atoms with E-state index in [9.17, 15) is 0 Å². The summed E-state index contributed by atoms with van der Waals surface area (Å²) < 4.78 is 5.21. The molecule has 1 aromatic carbocycles. The molecule has 0 aliphatic carbocycles. The van der Waals surface area contributed by atoms with Crippen LogP contribution in [0, 0.1) is 0 Å². The second kappa shape index (κ2) is 7.22. The lowest BCUT2D eigenvalue weighted by atomic mass is 9.87. The number of hydrogen-bond acceptors (Lipinski definition) is 3. The molecule has 0 aliphatic heterocycles. The van der Waals surface area contributed by atoms with Crippen molar-refractivity contribution in [2.45, 2.75) is 32.7 Å². The van der Waals surface area contributed by atoms with Gasteiger partial charge in [-0.2, -0.15) is 5.10 Å². The summed E-state index contributed by atoms with van der Waals surface area (Å²) in [6, 6.07) is 12.1. The van der Waals surface area contributed by atoms with E-state index in [2.05, 4.69) is 48.7 Å². The van der Waals surface area contributed by atoms with Gasteiger partial charge >= 0.3 is 0 Å². The Morgan fingerprint density at radius 2 is 1.95 bits per heavy atom. The van der Waals surface area contributed by atoms with Crippen molar-refractivity contribution in [3.8, 4) is 0 Å². The first kappa shape index (κ1) is 16.2. The molecule has 0 unspecified atom stereocenters. The number of rotatable bonds is 4. The summed E-state index contributed by atoms with van der Waals surface area (Å²) in [5.41, 5.74) is 5.27. The zero-order valence-corrected chi connectivity index (χ0v) is 13.9. The van der Waals surface area contributed by atoms with Crippen LogP contribution in [0.3, 0.4) is 0 Å². The summed E-state index contributed by atoms with van der Waals surface area (Å²) in [6.07, 6.45) is 3.38. The SMILES string of the molecule is CC(C)(C)c1ccc(C=NNC(=S)NCc2ccco2)cc1. The van der Waals surface area contributed by atoms with Gasteiger partial charge in [-0.15, -0.1) is 0 Å². The fourth-order valence-corrected chi connectivity index (χ4v) is 1.98. The van der Waals surface area contributed by atoms with Crippen molar-refractivity contribution >= 4 is 23.5 Å². The first-order chi connectivity index (χ1) is 10.4. The van der Waals surface area contributed by atoms with E-state index in [0.717, 1.165) is 11.3 Å². The molecule has 2 aromatic rings. The Kier molecular flexibility index (Phi) is 5.33. The van der Waals surface area contributed by atoms with Crippen molar-refractivity contribution < 1.29 is 4.42 Å². The molecule has 0 amide bonds. The molecule has 1 aromatic heterocycles. The summed E-state index contributed by atoms with van der Waals surface area (Å²) in [6.45, 7) is 7.12. The second-order valence-electron chi connectivity index (χ2n) is 6.00. The molecule has 0 saturated heterocycles. The van der Waals surface area contributed by atoms with E-state index in [1.54, 1.807) is 12.5 Å². The third-order valence-corrected chi connectivity index (χ3v) is 3.40. The second-order valence-corrected chi connectivity index (χ2v) is 6.41. The third kappa shape index (κ3) is 5.00. The van der Waals surface area contributed by atoms with Crippen LogP contribution in [0.1, 0.15) is 37.7 Å². The number of hydrogen-bond donors (Lipinski definition) is 2. The first-order valence-corrected chi connectivity index (χ1v) is 7.56. The van der Waals surface area contributed by atoms with E-state index in [1.165, 1.54) is 5.56 Å². The standard InChI is InChI=1S/C17H21N3OS/c1-17(2,3)14-8-6-13(7-9-14)11-19-20-16(22)18-12-15-5-4-10-21-15/h4-11H,12H2,1-3H3,(H2,18,20,22). The van der Waals surface area contributed by atoms with Crippen LogP contribution in [-0.2, 0) is 12.0 Å². The molecular formula is C17H21N3OS. The number of nitrogens with zero attached hydrogens (tertiary/aromatic N) is 1. The molecule has 22 heavy (non-hydrogen) atoms. The molecule has 0 fully saturated rings. The van der Waals surface area contributed by atoms with Gasteiger partial charge in [0.2, 0.25) is 0 Å². The van der Waals surface area contributed by atoms with Gasteiger partial charge in [0.15, 0.2) is 5.11 Å². The van der Waals surface area contributed by atoms with Gasteiger partial charge in [0.1, 0.15) is 5.76 Å². The third-order valence-electron chi connectivity index (χ3n) is 3.16. The van der Waals surface area contributed by atoms with Crippen LogP contribution >= 0.6 is 12.2 Å². The minimum atomic E-state index is 0.158. The van der Waals surface area contributed by atoms with Crippen molar-refractivity contribution in [3.63, 3.8) is 0 Å². The van der Waals surface area contributed by atoms with Crippen molar-refractivity contribution in [1.29, 1.82) is 0 Å². The molecule has 5 heteroatoms. The summed E-state index contributed by atoms with van der Waals surface area (Å²) in [7, 11) is 0. The van der Waals surface area contributed by atoms with Gasteiger partial charge in [-0.3, -0.25) is 5.43 Å². The molecule has 0 aliphatic rings. The summed E-state index contributed by atoms with van der Waals surface area (Å²) in [5.74, 6) is 0.825. The average molecular weight is 315 g/mol. The number of furan rings is 1. The number of benzene rings is 1. The van der Waals surface area contributed by atoms with Gasteiger partial charge in [0, 0.05) is 0 Å². The van der Waals surface area contributed by atoms with Crippen molar-refractivity contribution in [2.24, 2.45) is 5.10 Å². The monoisotopic (exact) mass is 315 g/mol. The van der Waals surface area contributed by atoms with Gasteiger partial charge in [-0.25, -0.2) is 0 Å². The molecule has 1 heterocycles. The highest BCUT2D eigenvalue weighted by Crippen LogP contribution is 2.21. The molecule has 0 bridgehead atoms. The molecule has 116 valence electrons. The molecule has 4 nitrogen and oxygen atoms in total. The highest BCUT2D eigenvalue weighted by molar-refractivity contribution is 7.80. The van der Waals surface area contributed by atoms with Gasteiger partial charge in [-0.1, -0.05) is 45.0 Å². The lowest BCUT2D eigenvalue weighted by Crippen LogP contribution is -2.31. The summed E-state index contributed by atoms with van der Waals surface area (Å²) >= 11 is 5.13. The lowest BCUT2D eigenvalue weighted by molar-refractivity contribution is 0.502. The smallest absolute Gasteiger partial charge is 0.187 e. The normalized spacial score (nSPS) is 11.6. The molecular weight excluding hydrogens is 294 g/mol. The van der Waals surface area contributed by atoms with Gasteiger partial charge < -0.3 is 9.73 Å². The van der Waals surface area contributed by atoms with E-state index in [1.807, 2.05) is 24.3 Å². The molecule has 0 spiro atoms. The van der Waals surface area contributed by atoms with Crippen LogP contribution in [0.25, 0.3) is 0 Å². The summed E-state index contributed by atoms with van der Waals surface area (Å²) in [5, 5.41) is 7.59. The predicted molar refractivity (Wildman–Crippen MR) is 94.0 cm³/mol. The zero-order valence-electron chi connectivity index (χ0n) is 13.1. The zero-order chi connectivity index (χ0) is 16.0. The Morgan fingerprint density at radius 3 is 2.55 bits per heavy atom. The minimum Gasteiger partial charge on any atom is -0.467 e. The maximum absolute atomic E-state index is 5.21. The van der Waals surface area contributed by atoms with Crippen LogP contribution in [-0.4, -0.2) is 11.3 Å². The van der Waals surface area contributed by atoms with Crippen LogP contribution in [0.4, 0.5) is 0 Å². The van der Waals surface area contributed by atoms with E-state index < -0.39 is 0 Å². The lowest BCUT2D eigenvalue weighted by Gasteiger charge is -2.18. The first-order valence-electron chi connectivity index (χ1n) is 7.15. The van der Waals surface area contributed by atoms with Crippen LogP contribution < -0.4 is 10.7 Å². The van der Waals surface area contributed by atoms with Crippen molar-refractivity contribution in [2.75, 3.05) is 0 Å². The molecule has 2 rings (SSSR count). The Morgan fingerprint density at radius 1 is 1.23 bits per heavy atom. The Labute approximate surface area is 136 Å². The molecule has 0 atom stereocenters. The van der Waals surface area contributed by atoms with Crippen molar-refractivity contribution in [1.82, 2.24) is 10.7 Å². The van der Waals surface area contributed by atoms with E-state index >= 15 is 0 Å². The van der Waals surface area contributed by atoms with Crippen molar-refractivity contribution in [3.05, 3.63) is 59.5 Å². The largest absolute Gasteiger partial charge is 0.467 e. The Bertz CT molecular complexity index is 625. The maximum atomic E-state index is 5.21. The van der Waals surface area contributed by atoms with E-state index in [4.69, 9.17) is 16.6 Å².